The first-order chi connectivity index (χ1) is 20.2. The highest BCUT2D eigenvalue weighted by Crippen LogP contribution is 2.36. The van der Waals surface area contributed by atoms with E-state index < -0.39 is 41.9 Å². The molecule has 0 aliphatic carbocycles. The van der Waals surface area contributed by atoms with Gasteiger partial charge in [0.25, 0.3) is 0 Å². The fourth-order valence-electron chi connectivity index (χ4n) is 5.66. The molecule has 0 radical (unpaired) electrons. The lowest BCUT2D eigenvalue weighted by molar-refractivity contribution is -0.182. The number of primary amides is 1. The Bertz CT molecular complexity index is 1120. The van der Waals surface area contributed by atoms with Gasteiger partial charge < -0.3 is 30.2 Å². The number of aliphatic hydroxyl groups excluding tert-OH is 1. The number of carbonyl (C=O) groups is 3. The summed E-state index contributed by atoms with van der Waals surface area (Å²) in [6, 6.07) is 0. The van der Waals surface area contributed by atoms with Crippen LogP contribution in [-0.2, 0) is 23.8 Å². The summed E-state index contributed by atoms with van der Waals surface area (Å²) in [5.74, 6) is -1.79. The van der Waals surface area contributed by atoms with Crippen molar-refractivity contribution < 1.29 is 38.8 Å². The van der Waals surface area contributed by atoms with Gasteiger partial charge in [-0.2, -0.15) is 0 Å². The van der Waals surface area contributed by atoms with Crippen molar-refractivity contribution in [1.29, 1.82) is 0 Å². The van der Waals surface area contributed by atoms with Crippen LogP contribution in [0, 0.1) is 23.7 Å². The highest BCUT2D eigenvalue weighted by Gasteiger charge is 2.45. The Morgan fingerprint density at radius 2 is 1.81 bits per heavy atom. The number of amides is 1. The molecule has 9 heteroatoms. The highest BCUT2D eigenvalue weighted by atomic mass is 16.6. The second-order valence-electron chi connectivity index (χ2n) is 12.1. The number of rotatable bonds is 6. The van der Waals surface area contributed by atoms with E-state index in [4.69, 9.17) is 19.9 Å². The SMILES string of the molecule is CCC1OC(=O)CC(O)(CC=CC=C(C)C2OC(=O)CCC=C(C)C(C)C(O)C(C)C(OC(N)=O)C=CC=CC2C)C1C. The maximum absolute atomic E-state index is 12.9. The number of esters is 2. The third-order valence-corrected chi connectivity index (χ3v) is 8.87. The van der Waals surface area contributed by atoms with Crippen LogP contribution in [0.15, 0.2) is 59.8 Å². The van der Waals surface area contributed by atoms with Gasteiger partial charge in [-0.15, -0.1) is 0 Å². The van der Waals surface area contributed by atoms with E-state index in [-0.39, 0.29) is 42.7 Å². The molecule has 43 heavy (non-hydrogen) atoms. The van der Waals surface area contributed by atoms with Crippen LogP contribution in [0.1, 0.15) is 80.6 Å². The zero-order valence-electron chi connectivity index (χ0n) is 26.7. The quantitative estimate of drug-likeness (QED) is 0.157. The number of hydrogen-bond donors (Lipinski definition) is 3. The largest absolute Gasteiger partial charge is 0.462 e. The van der Waals surface area contributed by atoms with Crippen LogP contribution < -0.4 is 5.73 Å². The smallest absolute Gasteiger partial charge is 0.405 e. The van der Waals surface area contributed by atoms with Crippen molar-refractivity contribution in [3.63, 3.8) is 0 Å². The normalized spacial score (nSPS) is 35.3. The van der Waals surface area contributed by atoms with Crippen molar-refractivity contribution in [2.45, 2.75) is 111 Å². The summed E-state index contributed by atoms with van der Waals surface area (Å²) >= 11 is 0. The van der Waals surface area contributed by atoms with Crippen molar-refractivity contribution >= 4 is 18.0 Å². The Morgan fingerprint density at radius 1 is 1.14 bits per heavy atom. The molecule has 0 aromatic heterocycles. The molecule has 9 nitrogen and oxygen atoms in total. The first-order valence-corrected chi connectivity index (χ1v) is 15.3. The van der Waals surface area contributed by atoms with Crippen molar-refractivity contribution in [3.05, 3.63) is 59.8 Å². The maximum atomic E-state index is 12.9. The Hall–Kier alpha value is -3.17. The first-order valence-electron chi connectivity index (χ1n) is 15.3. The lowest BCUT2D eigenvalue weighted by atomic mass is 9.77. The summed E-state index contributed by atoms with van der Waals surface area (Å²) in [5, 5.41) is 22.1. The summed E-state index contributed by atoms with van der Waals surface area (Å²) in [5.41, 5.74) is 5.85. The molecular formula is C34H51NO8. The number of hydrogen-bond acceptors (Lipinski definition) is 8. The third-order valence-electron chi connectivity index (χ3n) is 8.87. The minimum absolute atomic E-state index is 0.0525. The Morgan fingerprint density at radius 3 is 2.47 bits per heavy atom. The van der Waals surface area contributed by atoms with Gasteiger partial charge in [0, 0.05) is 30.1 Å². The summed E-state index contributed by atoms with van der Waals surface area (Å²) in [6.07, 6.45) is 12.7. The molecule has 4 N–H and O–H groups in total. The zero-order valence-corrected chi connectivity index (χ0v) is 26.7. The lowest BCUT2D eigenvalue weighted by Crippen LogP contribution is -2.50. The van der Waals surface area contributed by atoms with Crippen LogP contribution in [-0.4, -0.2) is 58.3 Å². The number of carbonyl (C=O) groups excluding carboxylic acids is 3. The number of nitrogens with two attached hydrogens (primary N) is 1. The number of aliphatic hydroxyl groups is 2. The summed E-state index contributed by atoms with van der Waals surface area (Å²) in [6.45, 7) is 13.2. The van der Waals surface area contributed by atoms with Gasteiger partial charge in [0.2, 0.25) is 0 Å². The van der Waals surface area contributed by atoms with E-state index in [0.29, 0.717) is 19.3 Å². The van der Waals surface area contributed by atoms with Gasteiger partial charge >= 0.3 is 18.0 Å². The predicted octanol–water partition coefficient (Wildman–Crippen LogP) is 5.47. The minimum Gasteiger partial charge on any atom is -0.462 e. The molecule has 0 aromatic rings. The fraction of sp³-hybridized carbons (Fsp3) is 0.618. The molecule has 240 valence electrons. The second kappa shape index (κ2) is 16.6. The molecular weight excluding hydrogens is 550 g/mol. The van der Waals surface area contributed by atoms with Gasteiger partial charge in [0.1, 0.15) is 18.3 Å². The van der Waals surface area contributed by atoms with E-state index in [1.54, 1.807) is 25.2 Å². The number of ether oxygens (including phenoxy) is 3. The van der Waals surface area contributed by atoms with E-state index in [0.717, 1.165) is 11.1 Å². The van der Waals surface area contributed by atoms with Crippen LogP contribution in [0.3, 0.4) is 0 Å². The maximum Gasteiger partial charge on any atom is 0.405 e. The average molecular weight is 602 g/mol. The molecule has 2 aliphatic heterocycles. The van der Waals surface area contributed by atoms with Crippen molar-refractivity contribution in [2.75, 3.05) is 0 Å². The number of allylic oxidation sites excluding steroid dienone is 5. The molecule has 2 rings (SSSR count). The topological polar surface area (TPSA) is 145 Å². The molecule has 1 fully saturated rings. The van der Waals surface area contributed by atoms with E-state index in [1.165, 1.54) is 0 Å². The van der Waals surface area contributed by atoms with Crippen LogP contribution in [0.4, 0.5) is 4.79 Å². The van der Waals surface area contributed by atoms with Gasteiger partial charge in [0.15, 0.2) is 0 Å². The average Bonchev–Trinajstić information content (AvgIpc) is 2.95. The molecule has 0 bridgehead atoms. The van der Waals surface area contributed by atoms with E-state index in [2.05, 4.69) is 0 Å². The first kappa shape index (κ1) is 36.0. The van der Waals surface area contributed by atoms with E-state index >= 15 is 0 Å². The van der Waals surface area contributed by atoms with Crippen LogP contribution in [0.2, 0.25) is 0 Å². The molecule has 9 atom stereocenters. The van der Waals surface area contributed by atoms with Crippen LogP contribution in [0.25, 0.3) is 0 Å². The molecule has 0 saturated carbocycles. The van der Waals surface area contributed by atoms with Gasteiger partial charge in [-0.05, 0) is 44.8 Å². The molecule has 0 spiro atoms. The van der Waals surface area contributed by atoms with Gasteiger partial charge in [-0.3, -0.25) is 9.59 Å². The molecule has 1 amide bonds. The summed E-state index contributed by atoms with van der Waals surface area (Å²) in [7, 11) is 0. The standard InChI is InChI=1S/C34H51NO8/c1-8-27-26(7)34(40,20-30(37)41-27)19-12-11-15-23(4)32-22(3)14-9-10-17-28(42-33(35)39)25(6)31(38)24(5)21(2)16-13-18-29(36)43-32/h9-12,14-17,22,24-28,31-32,38,40H,8,13,18-20H2,1-7H3,(H2,35,39). The zero-order chi connectivity index (χ0) is 32.3. The summed E-state index contributed by atoms with van der Waals surface area (Å²) in [4.78, 5) is 36.5. The predicted molar refractivity (Wildman–Crippen MR) is 166 cm³/mol. The fourth-order valence-corrected chi connectivity index (χ4v) is 5.66. The van der Waals surface area contributed by atoms with E-state index in [1.807, 2.05) is 71.9 Å². The van der Waals surface area contributed by atoms with Gasteiger partial charge in [-0.1, -0.05) is 82.7 Å². The molecule has 0 aromatic carbocycles. The Labute approximate surface area is 256 Å². The number of cyclic esters (lactones) is 2. The molecule has 2 aliphatic rings. The van der Waals surface area contributed by atoms with Gasteiger partial charge in [0.05, 0.1) is 18.1 Å². The minimum atomic E-state index is -1.18. The lowest BCUT2D eigenvalue weighted by Gasteiger charge is -2.41. The molecule has 2 heterocycles. The monoisotopic (exact) mass is 601 g/mol. The summed E-state index contributed by atoms with van der Waals surface area (Å²) < 4.78 is 16.6. The van der Waals surface area contributed by atoms with Crippen molar-refractivity contribution in [2.24, 2.45) is 29.4 Å². The third kappa shape index (κ3) is 10.5. The van der Waals surface area contributed by atoms with Crippen molar-refractivity contribution in [1.82, 2.24) is 0 Å². The Kier molecular flexibility index (Phi) is 13.9. The van der Waals surface area contributed by atoms with Crippen LogP contribution in [0.5, 0.6) is 0 Å². The van der Waals surface area contributed by atoms with Crippen molar-refractivity contribution in [3.8, 4) is 0 Å². The van der Waals surface area contributed by atoms with E-state index in [9.17, 15) is 24.6 Å². The molecule has 9 unspecified atom stereocenters. The molecule has 1 saturated heterocycles. The second-order valence-corrected chi connectivity index (χ2v) is 12.1. The van der Waals surface area contributed by atoms with Gasteiger partial charge in [-0.25, -0.2) is 4.79 Å². The Balaban J connectivity index is 2.29. The van der Waals surface area contributed by atoms with Crippen LogP contribution >= 0.6 is 0 Å². The highest BCUT2D eigenvalue weighted by molar-refractivity contribution is 5.72.